The van der Waals surface area contributed by atoms with Crippen molar-refractivity contribution in [2.45, 2.75) is 39.6 Å². The Bertz CT molecular complexity index is 700. The van der Waals surface area contributed by atoms with Gasteiger partial charge in [-0.25, -0.2) is 0 Å². The number of quaternary nitrogens is 1. The zero-order valence-electron chi connectivity index (χ0n) is 13.3. The fourth-order valence-electron chi connectivity index (χ4n) is 3.19. The molecule has 0 bridgehead atoms. The molecular formula is C16H23N2O2S2+. The molecule has 1 N–H and O–H groups in total. The third-order valence-corrected chi connectivity index (χ3v) is 5.36. The van der Waals surface area contributed by atoms with E-state index in [0.29, 0.717) is 18.8 Å². The second-order valence-electron chi connectivity index (χ2n) is 5.93. The summed E-state index contributed by atoms with van der Waals surface area (Å²) >= 11 is 7.25. The van der Waals surface area contributed by atoms with Gasteiger partial charge in [-0.1, -0.05) is 0 Å². The summed E-state index contributed by atoms with van der Waals surface area (Å²) in [6, 6.07) is 6.25. The monoisotopic (exact) mass is 339 g/mol. The molecule has 4 nitrogen and oxygen atoms in total. The molecule has 2 aromatic rings. The first kappa shape index (κ1) is 15.9. The minimum atomic E-state index is 0.308. The van der Waals surface area contributed by atoms with E-state index in [1.165, 1.54) is 15.1 Å². The second kappa shape index (κ2) is 6.66. The number of hydrogen-bond donors (Lipinski definition) is 1. The first-order valence-corrected chi connectivity index (χ1v) is 9.04. The van der Waals surface area contributed by atoms with Gasteiger partial charge in [-0.2, -0.15) is 0 Å². The van der Waals surface area contributed by atoms with Crippen molar-refractivity contribution in [3.05, 3.63) is 22.2 Å². The van der Waals surface area contributed by atoms with Gasteiger partial charge in [-0.15, -0.1) is 11.3 Å². The summed E-state index contributed by atoms with van der Waals surface area (Å²) in [5.41, 5.74) is 1.21. The molecule has 1 aromatic carbocycles. The lowest BCUT2D eigenvalue weighted by Crippen LogP contribution is -3.14. The minimum absolute atomic E-state index is 0.308. The summed E-state index contributed by atoms with van der Waals surface area (Å²) in [6.45, 7) is 9.95. The molecule has 0 spiro atoms. The number of rotatable bonds is 4. The van der Waals surface area contributed by atoms with E-state index in [-0.39, 0.29) is 0 Å². The molecule has 2 heterocycles. The molecule has 1 aliphatic heterocycles. The average molecular weight is 340 g/mol. The first-order valence-electron chi connectivity index (χ1n) is 7.82. The van der Waals surface area contributed by atoms with E-state index in [1.807, 2.05) is 13.0 Å². The van der Waals surface area contributed by atoms with Crippen LogP contribution in [-0.2, 0) is 11.4 Å². The van der Waals surface area contributed by atoms with Crippen molar-refractivity contribution in [1.29, 1.82) is 0 Å². The summed E-state index contributed by atoms with van der Waals surface area (Å²) in [5, 5.41) is 0. The van der Waals surface area contributed by atoms with E-state index in [1.54, 1.807) is 11.3 Å². The second-order valence-corrected chi connectivity index (χ2v) is 7.61. The number of ether oxygens (including phenoxy) is 2. The molecule has 0 saturated carbocycles. The van der Waals surface area contributed by atoms with Crippen LogP contribution in [0.1, 0.15) is 20.8 Å². The maximum atomic E-state index is 5.83. The van der Waals surface area contributed by atoms with Crippen LogP contribution in [0, 0.1) is 3.95 Å². The molecule has 3 rings (SSSR count). The number of benzene rings is 1. The molecule has 1 saturated heterocycles. The number of thiazole rings is 1. The van der Waals surface area contributed by atoms with Crippen molar-refractivity contribution < 1.29 is 14.4 Å². The maximum Gasteiger partial charge on any atom is 0.166 e. The van der Waals surface area contributed by atoms with Gasteiger partial charge in [0.1, 0.15) is 31.0 Å². The molecule has 6 heteroatoms. The van der Waals surface area contributed by atoms with Crippen molar-refractivity contribution in [2.75, 3.05) is 19.7 Å². The lowest BCUT2D eigenvalue weighted by atomic mass is 10.2. The Balaban J connectivity index is 1.87. The van der Waals surface area contributed by atoms with Crippen molar-refractivity contribution in [3.63, 3.8) is 0 Å². The van der Waals surface area contributed by atoms with Crippen LogP contribution in [0.4, 0.5) is 0 Å². The lowest BCUT2D eigenvalue weighted by Gasteiger charge is -2.32. The summed E-state index contributed by atoms with van der Waals surface area (Å²) in [6.07, 6.45) is 0.616. The van der Waals surface area contributed by atoms with Crippen LogP contribution in [0.25, 0.3) is 10.2 Å². The van der Waals surface area contributed by atoms with Crippen molar-refractivity contribution in [3.8, 4) is 5.75 Å². The van der Waals surface area contributed by atoms with Crippen LogP contribution in [0.3, 0.4) is 0 Å². The number of nitrogens with one attached hydrogen (secondary N) is 1. The largest absolute Gasteiger partial charge is 0.494 e. The summed E-state index contributed by atoms with van der Waals surface area (Å²) in [7, 11) is 0. The zero-order valence-corrected chi connectivity index (χ0v) is 14.9. The fourth-order valence-corrected chi connectivity index (χ4v) is 4.55. The van der Waals surface area contributed by atoms with Crippen LogP contribution in [0.5, 0.6) is 5.75 Å². The Hall–Kier alpha value is -0.950. The van der Waals surface area contributed by atoms with E-state index in [2.05, 4.69) is 30.5 Å². The van der Waals surface area contributed by atoms with Gasteiger partial charge in [0.05, 0.1) is 16.8 Å². The molecule has 1 fully saturated rings. The number of hydrogen-bond acceptors (Lipinski definition) is 4. The Morgan fingerprint density at radius 1 is 1.36 bits per heavy atom. The number of nitrogens with zero attached hydrogens (tertiary/aromatic N) is 1. The van der Waals surface area contributed by atoms with E-state index in [4.69, 9.17) is 21.7 Å². The Labute approximate surface area is 140 Å². The fraction of sp³-hybridized carbons (Fsp3) is 0.562. The van der Waals surface area contributed by atoms with Crippen LogP contribution in [0.2, 0.25) is 0 Å². The standard InChI is InChI=1S/C16H22N2O2S2/c1-4-19-13-5-6-14-15(7-13)22-16(21)18(14)10-17-8-11(2)20-12(3)9-17/h5-7,11-12H,4,8-10H2,1-3H3/p+1/t11-,12-/m1/s1. The highest BCUT2D eigenvalue weighted by Crippen LogP contribution is 2.27. The quantitative estimate of drug-likeness (QED) is 0.868. The topological polar surface area (TPSA) is 27.8 Å². The minimum Gasteiger partial charge on any atom is -0.494 e. The van der Waals surface area contributed by atoms with E-state index in [0.717, 1.165) is 29.5 Å². The Morgan fingerprint density at radius 2 is 2.09 bits per heavy atom. The predicted molar refractivity (Wildman–Crippen MR) is 92.5 cm³/mol. The van der Waals surface area contributed by atoms with E-state index < -0.39 is 0 Å². The van der Waals surface area contributed by atoms with Gasteiger partial charge in [-0.3, -0.25) is 4.57 Å². The molecule has 0 radical (unpaired) electrons. The normalized spacial score (nSPS) is 25.5. The van der Waals surface area contributed by atoms with Crippen LogP contribution in [0.15, 0.2) is 18.2 Å². The van der Waals surface area contributed by atoms with E-state index >= 15 is 0 Å². The molecule has 0 aliphatic carbocycles. The molecule has 120 valence electrons. The molecular weight excluding hydrogens is 316 g/mol. The van der Waals surface area contributed by atoms with E-state index in [9.17, 15) is 0 Å². The third kappa shape index (κ3) is 3.35. The van der Waals surface area contributed by atoms with Crippen molar-refractivity contribution in [1.82, 2.24) is 4.57 Å². The molecule has 1 aromatic heterocycles. The highest BCUT2D eigenvalue weighted by Gasteiger charge is 2.26. The highest BCUT2D eigenvalue weighted by atomic mass is 32.1. The first-order chi connectivity index (χ1) is 10.6. The third-order valence-electron chi connectivity index (χ3n) is 3.95. The van der Waals surface area contributed by atoms with Gasteiger partial charge in [0.25, 0.3) is 0 Å². The van der Waals surface area contributed by atoms with Gasteiger partial charge >= 0.3 is 0 Å². The van der Waals surface area contributed by atoms with Crippen LogP contribution < -0.4 is 9.64 Å². The van der Waals surface area contributed by atoms with Gasteiger partial charge in [0.15, 0.2) is 10.6 Å². The number of morpholine rings is 1. The van der Waals surface area contributed by atoms with Crippen LogP contribution >= 0.6 is 23.6 Å². The maximum absolute atomic E-state index is 5.83. The summed E-state index contributed by atoms with van der Waals surface area (Å²) in [4.78, 5) is 1.52. The number of fused-ring (bicyclic) bond motifs is 1. The highest BCUT2D eigenvalue weighted by molar-refractivity contribution is 7.73. The average Bonchev–Trinajstić information content (AvgIpc) is 2.74. The molecule has 0 unspecified atom stereocenters. The SMILES string of the molecule is CCOc1ccc2c(c1)sc(=S)n2C[NH+]1C[C@@H](C)O[C@H](C)C1. The van der Waals surface area contributed by atoms with Gasteiger partial charge in [0, 0.05) is 0 Å². The van der Waals surface area contributed by atoms with Crippen molar-refractivity contribution >= 4 is 33.8 Å². The predicted octanol–water partition coefficient (Wildman–Crippen LogP) is 2.48. The summed E-state index contributed by atoms with van der Waals surface area (Å²) in [5.74, 6) is 0.916. The van der Waals surface area contributed by atoms with Gasteiger partial charge in [-0.05, 0) is 51.2 Å². The van der Waals surface area contributed by atoms with Crippen LogP contribution in [-0.4, -0.2) is 36.5 Å². The zero-order chi connectivity index (χ0) is 15.7. The Morgan fingerprint density at radius 3 is 2.77 bits per heavy atom. The smallest absolute Gasteiger partial charge is 0.166 e. The number of aromatic nitrogens is 1. The lowest BCUT2D eigenvalue weighted by molar-refractivity contribution is -0.936. The van der Waals surface area contributed by atoms with Crippen molar-refractivity contribution in [2.24, 2.45) is 0 Å². The molecule has 0 amide bonds. The Kier molecular flexibility index (Phi) is 4.82. The van der Waals surface area contributed by atoms with Gasteiger partial charge in [0.2, 0.25) is 0 Å². The van der Waals surface area contributed by atoms with Gasteiger partial charge < -0.3 is 14.4 Å². The summed E-state index contributed by atoms with van der Waals surface area (Å²) < 4.78 is 15.8. The molecule has 1 aliphatic rings. The molecule has 22 heavy (non-hydrogen) atoms. The molecule has 2 atom stereocenters.